The van der Waals surface area contributed by atoms with E-state index >= 15 is 0 Å². The Morgan fingerprint density at radius 3 is 3.00 bits per heavy atom. The Kier molecular flexibility index (Phi) is 2.04. The average molecular weight is 178 g/mol. The lowest BCUT2D eigenvalue weighted by molar-refractivity contribution is 0.735. The SMILES string of the molecule is C/C(=N\NC1CC1)c1cncn1C. The van der Waals surface area contributed by atoms with E-state index in [4.69, 9.17) is 0 Å². The van der Waals surface area contributed by atoms with Gasteiger partial charge in [0.1, 0.15) is 0 Å². The van der Waals surface area contributed by atoms with Crippen molar-refractivity contribution >= 4 is 5.71 Å². The normalized spacial score (nSPS) is 17.5. The molecule has 0 unspecified atom stereocenters. The van der Waals surface area contributed by atoms with Crippen molar-refractivity contribution in [2.45, 2.75) is 25.8 Å². The summed E-state index contributed by atoms with van der Waals surface area (Å²) in [6, 6.07) is 0.614. The number of hydrazone groups is 1. The standard InChI is InChI=1S/C9H14N4/c1-7(11-12-8-3-4-8)9-5-10-6-13(9)2/h5-6,8,12H,3-4H2,1-2H3/b11-7+. The lowest BCUT2D eigenvalue weighted by Gasteiger charge is -2.01. The predicted molar refractivity (Wildman–Crippen MR) is 51.6 cm³/mol. The van der Waals surface area contributed by atoms with Gasteiger partial charge in [-0.05, 0) is 19.8 Å². The van der Waals surface area contributed by atoms with Crippen LogP contribution in [-0.4, -0.2) is 21.3 Å². The van der Waals surface area contributed by atoms with Gasteiger partial charge in [0.15, 0.2) is 0 Å². The van der Waals surface area contributed by atoms with Crippen molar-refractivity contribution in [1.29, 1.82) is 0 Å². The molecule has 2 rings (SSSR count). The largest absolute Gasteiger partial charge is 0.333 e. The van der Waals surface area contributed by atoms with Crippen LogP contribution in [0.5, 0.6) is 0 Å². The lowest BCUT2D eigenvalue weighted by atomic mass is 10.3. The van der Waals surface area contributed by atoms with Gasteiger partial charge in [-0.2, -0.15) is 5.10 Å². The van der Waals surface area contributed by atoms with E-state index in [0.717, 1.165) is 11.4 Å². The van der Waals surface area contributed by atoms with Crippen molar-refractivity contribution in [3.63, 3.8) is 0 Å². The van der Waals surface area contributed by atoms with E-state index in [1.54, 1.807) is 6.33 Å². The maximum Gasteiger partial charge on any atom is 0.0948 e. The van der Waals surface area contributed by atoms with Crippen LogP contribution in [0.4, 0.5) is 0 Å². The first-order valence-corrected chi connectivity index (χ1v) is 4.54. The molecule has 1 fully saturated rings. The number of hydrogen-bond donors (Lipinski definition) is 1. The number of nitrogens with zero attached hydrogens (tertiary/aromatic N) is 3. The summed E-state index contributed by atoms with van der Waals surface area (Å²) in [5.74, 6) is 0. The van der Waals surface area contributed by atoms with Crippen LogP contribution in [0.25, 0.3) is 0 Å². The van der Waals surface area contributed by atoms with Crippen molar-refractivity contribution in [2.75, 3.05) is 0 Å². The van der Waals surface area contributed by atoms with E-state index < -0.39 is 0 Å². The summed E-state index contributed by atoms with van der Waals surface area (Å²) >= 11 is 0. The summed E-state index contributed by atoms with van der Waals surface area (Å²) in [7, 11) is 1.97. The molecule has 1 aliphatic rings. The zero-order chi connectivity index (χ0) is 9.26. The number of hydrogen-bond acceptors (Lipinski definition) is 3. The molecule has 70 valence electrons. The number of aromatic nitrogens is 2. The molecule has 1 saturated carbocycles. The molecule has 1 aromatic rings. The zero-order valence-electron chi connectivity index (χ0n) is 7.99. The number of nitrogens with one attached hydrogen (secondary N) is 1. The zero-order valence-corrected chi connectivity index (χ0v) is 7.99. The number of rotatable bonds is 3. The molecule has 4 heteroatoms. The minimum atomic E-state index is 0.614. The predicted octanol–water partition coefficient (Wildman–Crippen LogP) is 0.896. The average Bonchev–Trinajstić information content (AvgIpc) is 2.84. The first-order valence-electron chi connectivity index (χ1n) is 4.54. The van der Waals surface area contributed by atoms with Crippen LogP contribution in [0.2, 0.25) is 0 Å². The van der Waals surface area contributed by atoms with Crippen LogP contribution < -0.4 is 5.43 Å². The molecule has 0 spiro atoms. The summed E-state index contributed by atoms with van der Waals surface area (Å²) < 4.78 is 1.97. The molecule has 0 bridgehead atoms. The second kappa shape index (κ2) is 3.20. The minimum Gasteiger partial charge on any atom is -0.333 e. The maximum absolute atomic E-state index is 4.30. The van der Waals surface area contributed by atoms with Gasteiger partial charge in [-0.1, -0.05) is 0 Å². The molecule has 1 heterocycles. The number of aryl methyl sites for hydroxylation is 1. The van der Waals surface area contributed by atoms with Gasteiger partial charge in [0, 0.05) is 13.1 Å². The van der Waals surface area contributed by atoms with Crippen molar-refractivity contribution < 1.29 is 0 Å². The summed E-state index contributed by atoms with van der Waals surface area (Å²) in [4.78, 5) is 4.04. The van der Waals surface area contributed by atoms with E-state index in [-0.39, 0.29) is 0 Å². The summed E-state index contributed by atoms with van der Waals surface area (Å²) in [6.07, 6.45) is 6.11. The Hall–Kier alpha value is -1.32. The molecular weight excluding hydrogens is 164 g/mol. The van der Waals surface area contributed by atoms with Crippen LogP contribution in [-0.2, 0) is 7.05 Å². The Bertz CT molecular complexity index is 322. The highest BCUT2D eigenvalue weighted by Crippen LogP contribution is 2.18. The van der Waals surface area contributed by atoms with Crippen molar-refractivity contribution in [3.8, 4) is 0 Å². The third-order valence-corrected chi connectivity index (χ3v) is 2.18. The number of imidazole rings is 1. The minimum absolute atomic E-state index is 0.614. The molecular formula is C9H14N4. The summed E-state index contributed by atoms with van der Waals surface area (Å²) in [5.41, 5.74) is 5.17. The highest BCUT2D eigenvalue weighted by molar-refractivity contribution is 5.96. The van der Waals surface area contributed by atoms with Crippen molar-refractivity contribution in [3.05, 3.63) is 18.2 Å². The van der Waals surface area contributed by atoms with E-state index in [9.17, 15) is 0 Å². The third kappa shape index (κ3) is 1.88. The molecule has 0 saturated heterocycles. The lowest BCUT2D eigenvalue weighted by Crippen LogP contribution is -2.13. The highest BCUT2D eigenvalue weighted by atomic mass is 15.3. The van der Waals surface area contributed by atoms with Gasteiger partial charge in [0.25, 0.3) is 0 Å². The van der Waals surface area contributed by atoms with E-state index in [1.807, 2.05) is 24.7 Å². The topological polar surface area (TPSA) is 42.2 Å². The first-order chi connectivity index (χ1) is 6.27. The van der Waals surface area contributed by atoms with Gasteiger partial charge in [0.05, 0.1) is 23.9 Å². The van der Waals surface area contributed by atoms with Crippen LogP contribution >= 0.6 is 0 Å². The second-order valence-electron chi connectivity index (χ2n) is 3.49. The molecule has 0 amide bonds. The van der Waals surface area contributed by atoms with Gasteiger partial charge in [-0.25, -0.2) is 4.98 Å². The van der Waals surface area contributed by atoms with Gasteiger partial charge < -0.3 is 9.99 Å². The molecule has 0 atom stereocenters. The molecule has 0 radical (unpaired) electrons. The molecule has 1 aromatic heterocycles. The van der Waals surface area contributed by atoms with Gasteiger partial charge in [0.2, 0.25) is 0 Å². The van der Waals surface area contributed by atoms with Gasteiger partial charge >= 0.3 is 0 Å². The molecule has 0 aliphatic heterocycles. The highest BCUT2D eigenvalue weighted by Gasteiger charge is 2.20. The van der Waals surface area contributed by atoms with Crippen LogP contribution in [0.1, 0.15) is 25.5 Å². The first kappa shape index (κ1) is 8.29. The quantitative estimate of drug-likeness (QED) is 0.552. The molecule has 13 heavy (non-hydrogen) atoms. The van der Waals surface area contributed by atoms with E-state index in [0.29, 0.717) is 6.04 Å². The fourth-order valence-corrected chi connectivity index (χ4v) is 1.16. The van der Waals surface area contributed by atoms with Crippen molar-refractivity contribution in [2.24, 2.45) is 12.1 Å². The molecule has 1 aliphatic carbocycles. The van der Waals surface area contributed by atoms with E-state index in [1.165, 1.54) is 12.8 Å². The van der Waals surface area contributed by atoms with E-state index in [2.05, 4.69) is 15.5 Å². The third-order valence-electron chi connectivity index (χ3n) is 2.18. The Labute approximate surface area is 77.7 Å². The molecule has 0 aromatic carbocycles. The van der Waals surface area contributed by atoms with Crippen LogP contribution in [0.3, 0.4) is 0 Å². The van der Waals surface area contributed by atoms with Crippen LogP contribution in [0.15, 0.2) is 17.6 Å². The monoisotopic (exact) mass is 178 g/mol. The molecule has 1 N–H and O–H groups in total. The summed E-state index contributed by atoms with van der Waals surface area (Å²) in [5, 5.41) is 4.30. The second-order valence-corrected chi connectivity index (χ2v) is 3.49. The van der Waals surface area contributed by atoms with Gasteiger partial charge in [-0.15, -0.1) is 0 Å². The van der Waals surface area contributed by atoms with Crippen LogP contribution in [0, 0.1) is 0 Å². The smallest absolute Gasteiger partial charge is 0.0948 e. The maximum atomic E-state index is 4.30. The Morgan fingerprint density at radius 1 is 1.69 bits per heavy atom. The fourth-order valence-electron chi connectivity index (χ4n) is 1.16. The molecule has 4 nitrogen and oxygen atoms in total. The van der Waals surface area contributed by atoms with Gasteiger partial charge in [-0.3, -0.25) is 0 Å². The Morgan fingerprint density at radius 2 is 2.46 bits per heavy atom. The van der Waals surface area contributed by atoms with Crippen molar-refractivity contribution in [1.82, 2.24) is 15.0 Å². The Balaban J connectivity index is 2.06. The summed E-state index contributed by atoms with van der Waals surface area (Å²) in [6.45, 7) is 1.99. The fraction of sp³-hybridized carbons (Fsp3) is 0.556.